The monoisotopic (exact) mass is 436 g/mol. The van der Waals surface area contributed by atoms with Gasteiger partial charge in [0, 0.05) is 19.2 Å². The maximum atomic E-state index is 13.3. The van der Waals surface area contributed by atoms with Gasteiger partial charge >= 0.3 is 0 Å². The van der Waals surface area contributed by atoms with Gasteiger partial charge in [0.25, 0.3) is 10.0 Å². The van der Waals surface area contributed by atoms with Crippen LogP contribution in [0.15, 0.2) is 23.1 Å². The maximum Gasteiger partial charge on any atom is 0.262 e. The van der Waals surface area contributed by atoms with Crippen LogP contribution in [0.2, 0.25) is 5.02 Å². The molecule has 2 aromatic rings. The van der Waals surface area contributed by atoms with Crippen molar-refractivity contribution in [3.05, 3.63) is 51.0 Å². The summed E-state index contributed by atoms with van der Waals surface area (Å²) in [6.45, 7) is 11.5. The molecule has 0 bridgehead atoms. The lowest BCUT2D eigenvalue weighted by Gasteiger charge is -2.20. The molecule has 1 fully saturated rings. The number of sulfonamides is 1. The second-order valence-corrected chi connectivity index (χ2v) is 10.0. The van der Waals surface area contributed by atoms with Gasteiger partial charge in [-0.1, -0.05) is 11.6 Å². The zero-order valence-corrected chi connectivity index (χ0v) is 19.5. The molecule has 1 N–H and O–H groups in total. The lowest BCUT2D eigenvalue weighted by Crippen LogP contribution is -2.21. The van der Waals surface area contributed by atoms with Crippen LogP contribution in [-0.2, 0) is 10.0 Å². The Morgan fingerprint density at radius 3 is 2.17 bits per heavy atom. The Balaban J connectivity index is 1.93. The Morgan fingerprint density at radius 2 is 1.62 bits per heavy atom. The van der Waals surface area contributed by atoms with Crippen LogP contribution in [0.4, 0.5) is 5.69 Å². The van der Waals surface area contributed by atoms with Crippen molar-refractivity contribution < 1.29 is 13.2 Å². The second kappa shape index (κ2) is 8.17. The molecule has 29 heavy (non-hydrogen) atoms. The summed E-state index contributed by atoms with van der Waals surface area (Å²) in [5, 5.41) is 0.469. The second-order valence-electron chi connectivity index (χ2n) is 8.00. The third kappa shape index (κ3) is 4.39. The van der Waals surface area contributed by atoms with E-state index in [1.807, 2.05) is 41.7 Å². The van der Waals surface area contributed by atoms with E-state index in [9.17, 15) is 8.42 Å². The van der Waals surface area contributed by atoms with E-state index in [1.165, 1.54) is 0 Å². The number of anilines is 1. The Bertz CT molecular complexity index is 1020. The summed E-state index contributed by atoms with van der Waals surface area (Å²) < 4.78 is 35.2. The molecule has 1 atom stereocenters. The predicted octanol–water partition coefficient (Wildman–Crippen LogP) is 4.77. The van der Waals surface area contributed by atoms with Gasteiger partial charge in [-0.3, -0.25) is 4.72 Å². The number of likely N-dealkylation sites (N-methyl/N-ethyl adjacent to an activating group) is 1. The molecule has 1 aliphatic heterocycles. The number of nitrogens with zero attached hydrogens (tertiary/aromatic N) is 1. The molecule has 0 amide bonds. The maximum absolute atomic E-state index is 13.3. The van der Waals surface area contributed by atoms with E-state index in [0.717, 1.165) is 47.3 Å². The number of hydrogen-bond acceptors (Lipinski definition) is 4. The van der Waals surface area contributed by atoms with Gasteiger partial charge in [0.1, 0.15) is 11.9 Å². The topological polar surface area (TPSA) is 58.6 Å². The van der Waals surface area contributed by atoms with Crippen molar-refractivity contribution in [2.24, 2.45) is 0 Å². The summed E-state index contributed by atoms with van der Waals surface area (Å²) in [5.74, 6) is 0.497. The molecule has 0 radical (unpaired) electrons. The number of nitrogens with one attached hydrogen (secondary N) is 1. The SMILES string of the molecule is Cc1c(C)c(C)c(S(=O)(=O)Nc2ccc(Cl)c(O[C@H]3CCN(C)C3)c2)c(C)c1C. The van der Waals surface area contributed by atoms with E-state index in [-0.39, 0.29) is 6.10 Å². The van der Waals surface area contributed by atoms with E-state index in [1.54, 1.807) is 18.2 Å². The first-order valence-electron chi connectivity index (χ1n) is 9.75. The van der Waals surface area contributed by atoms with Crippen LogP contribution in [0.1, 0.15) is 34.2 Å². The lowest BCUT2D eigenvalue weighted by molar-refractivity contribution is 0.208. The summed E-state index contributed by atoms with van der Waals surface area (Å²) in [6, 6.07) is 4.99. The number of rotatable bonds is 5. The Hall–Kier alpha value is -1.76. The van der Waals surface area contributed by atoms with Crippen molar-refractivity contribution in [1.82, 2.24) is 4.90 Å². The van der Waals surface area contributed by atoms with Gasteiger partial charge < -0.3 is 9.64 Å². The average Bonchev–Trinajstić information content (AvgIpc) is 3.05. The molecule has 2 aromatic carbocycles. The van der Waals surface area contributed by atoms with Gasteiger partial charge in [-0.05, 0) is 88.0 Å². The number of ether oxygens (including phenoxy) is 1. The first-order chi connectivity index (χ1) is 13.5. The lowest BCUT2D eigenvalue weighted by atomic mass is 9.95. The molecule has 1 aliphatic rings. The predicted molar refractivity (Wildman–Crippen MR) is 119 cm³/mol. The minimum absolute atomic E-state index is 0.0521. The first kappa shape index (κ1) is 21.9. The third-order valence-corrected chi connectivity index (χ3v) is 7.99. The standard InChI is InChI=1S/C22H29ClN2O3S/c1-13-14(2)16(4)22(17(5)15(13)3)29(26,27)24-18-7-8-20(23)21(11-18)28-19-9-10-25(6)12-19/h7-8,11,19,24H,9-10,12H2,1-6H3/t19-/m0/s1. The molecular weight excluding hydrogens is 408 g/mol. The molecule has 0 unspecified atom stereocenters. The normalized spacial score (nSPS) is 17.6. The van der Waals surface area contributed by atoms with Gasteiger partial charge in [-0.25, -0.2) is 8.42 Å². The Morgan fingerprint density at radius 1 is 1.03 bits per heavy atom. The number of hydrogen-bond donors (Lipinski definition) is 1. The van der Waals surface area contributed by atoms with Gasteiger partial charge in [0.2, 0.25) is 0 Å². The van der Waals surface area contributed by atoms with Crippen molar-refractivity contribution in [3.8, 4) is 5.75 Å². The van der Waals surface area contributed by atoms with Gasteiger partial charge in [-0.15, -0.1) is 0 Å². The number of likely N-dealkylation sites (tertiary alicyclic amines) is 1. The Kier molecular flexibility index (Phi) is 6.18. The molecule has 5 nitrogen and oxygen atoms in total. The fraction of sp³-hybridized carbons (Fsp3) is 0.455. The minimum atomic E-state index is -3.76. The molecule has 7 heteroatoms. The molecule has 1 heterocycles. The smallest absolute Gasteiger partial charge is 0.262 e. The fourth-order valence-corrected chi connectivity index (χ4v) is 5.72. The van der Waals surface area contributed by atoms with Crippen LogP contribution in [0, 0.1) is 34.6 Å². The van der Waals surface area contributed by atoms with E-state index >= 15 is 0 Å². The molecule has 1 saturated heterocycles. The third-order valence-electron chi connectivity index (χ3n) is 6.03. The molecule has 0 aliphatic carbocycles. The molecule has 0 saturated carbocycles. The van der Waals surface area contributed by atoms with Crippen molar-refractivity contribution in [2.45, 2.75) is 52.0 Å². The highest BCUT2D eigenvalue weighted by Gasteiger charge is 2.25. The zero-order valence-electron chi connectivity index (χ0n) is 17.9. The van der Waals surface area contributed by atoms with E-state index < -0.39 is 10.0 Å². The van der Waals surface area contributed by atoms with Crippen LogP contribution in [0.25, 0.3) is 0 Å². The highest BCUT2D eigenvalue weighted by atomic mass is 35.5. The summed E-state index contributed by atoms with van der Waals surface area (Å²) in [5.41, 5.74) is 5.11. The van der Waals surface area contributed by atoms with E-state index in [2.05, 4.69) is 9.62 Å². The van der Waals surface area contributed by atoms with E-state index in [0.29, 0.717) is 21.4 Å². The number of halogens is 1. The minimum Gasteiger partial charge on any atom is -0.487 e. The van der Waals surface area contributed by atoms with Crippen molar-refractivity contribution in [3.63, 3.8) is 0 Å². The van der Waals surface area contributed by atoms with Gasteiger partial charge in [0.05, 0.1) is 15.6 Å². The number of benzene rings is 2. The summed E-state index contributed by atoms with van der Waals surface area (Å²) in [7, 11) is -1.71. The summed E-state index contributed by atoms with van der Waals surface area (Å²) in [6.07, 6.45) is 0.972. The average molecular weight is 437 g/mol. The summed E-state index contributed by atoms with van der Waals surface area (Å²) in [4.78, 5) is 2.53. The van der Waals surface area contributed by atoms with Gasteiger partial charge in [-0.2, -0.15) is 0 Å². The Labute approximate surface area is 179 Å². The van der Waals surface area contributed by atoms with Crippen LogP contribution in [0.5, 0.6) is 5.75 Å². The first-order valence-corrected chi connectivity index (χ1v) is 11.6. The molecule has 0 spiro atoms. The highest BCUT2D eigenvalue weighted by Crippen LogP contribution is 2.33. The molecule has 0 aromatic heterocycles. The highest BCUT2D eigenvalue weighted by molar-refractivity contribution is 7.92. The molecule has 158 valence electrons. The fourth-order valence-electron chi connectivity index (χ4n) is 3.90. The van der Waals surface area contributed by atoms with Crippen LogP contribution >= 0.6 is 11.6 Å². The largest absolute Gasteiger partial charge is 0.487 e. The quantitative estimate of drug-likeness (QED) is 0.733. The van der Waals surface area contributed by atoms with Gasteiger partial charge in [0.15, 0.2) is 0 Å². The molecule has 3 rings (SSSR count). The molecular formula is C22H29ClN2O3S. The van der Waals surface area contributed by atoms with Crippen LogP contribution in [0.3, 0.4) is 0 Å². The van der Waals surface area contributed by atoms with Crippen LogP contribution < -0.4 is 9.46 Å². The van der Waals surface area contributed by atoms with Crippen molar-refractivity contribution >= 4 is 27.3 Å². The van der Waals surface area contributed by atoms with E-state index in [4.69, 9.17) is 16.3 Å². The zero-order chi connectivity index (χ0) is 21.5. The van der Waals surface area contributed by atoms with Crippen LogP contribution in [-0.4, -0.2) is 39.6 Å². The van der Waals surface area contributed by atoms with Crippen molar-refractivity contribution in [1.29, 1.82) is 0 Å². The van der Waals surface area contributed by atoms with Crippen molar-refractivity contribution in [2.75, 3.05) is 24.9 Å². The summed E-state index contributed by atoms with van der Waals surface area (Å²) >= 11 is 6.29.